The van der Waals surface area contributed by atoms with Crippen molar-refractivity contribution in [1.29, 1.82) is 5.26 Å². The predicted octanol–water partition coefficient (Wildman–Crippen LogP) is 3.45. The highest BCUT2D eigenvalue weighted by Crippen LogP contribution is 2.28. The lowest BCUT2D eigenvalue weighted by Crippen LogP contribution is -2.35. The van der Waals surface area contributed by atoms with E-state index in [9.17, 15) is 9.59 Å². The number of para-hydroxylation sites is 1. The first-order valence-corrected chi connectivity index (χ1v) is 8.58. The summed E-state index contributed by atoms with van der Waals surface area (Å²) < 4.78 is 5.13. The number of hydrogen-bond donors (Lipinski definition) is 0. The van der Waals surface area contributed by atoms with Gasteiger partial charge in [-0.25, -0.2) is 0 Å². The Hall–Kier alpha value is -2.35. The van der Waals surface area contributed by atoms with Crippen LogP contribution < -0.4 is 4.90 Å². The van der Waals surface area contributed by atoms with Crippen LogP contribution in [0.4, 0.5) is 5.69 Å². The van der Waals surface area contributed by atoms with Gasteiger partial charge in [-0.15, -0.1) is 0 Å². The van der Waals surface area contributed by atoms with Crippen LogP contribution in [0.2, 0.25) is 0 Å². The highest BCUT2D eigenvalue weighted by Gasteiger charge is 2.19. The highest BCUT2D eigenvalue weighted by molar-refractivity contribution is 5.95. The summed E-state index contributed by atoms with van der Waals surface area (Å²) in [6, 6.07) is 11.2. The number of rotatable bonds is 8. The quantitative estimate of drug-likeness (QED) is 0.685. The van der Waals surface area contributed by atoms with Crippen LogP contribution in [0, 0.1) is 17.2 Å². The maximum absolute atomic E-state index is 12.4. The van der Waals surface area contributed by atoms with Crippen LogP contribution in [0.3, 0.4) is 0 Å². The summed E-state index contributed by atoms with van der Waals surface area (Å²) in [5, 5.41) is 8.76. The molecule has 1 aliphatic carbocycles. The summed E-state index contributed by atoms with van der Waals surface area (Å²) in [5.41, 5.74) is 0.708. The van der Waals surface area contributed by atoms with E-state index in [1.165, 1.54) is 30.6 Å². The van der Waals surface area contributed by atoms with Crippen molar-refractivity contribution in [2.24, 2.45) is 5.92 Å². The molecule has 0 aliphatic heterocycles. The van der Waals surface area contributed by atoms with E-state index in [0.29, 0.717) is 24.6 Å². The van der Waals surface area contributed by atoms with Crippen molar-refractivity contribution in [2.75, 3.05) is 18.1 Å². The van der Waals surface area contributed by atoms with E-state index in [-0.39, 0.29) is 24.9 Å². The maximum atomic E-state index is 12.4. The minimum Gasteiger partial charge on any atom is -0.456 e. The number of carbonyl (C=O) groups is 2. The maximum Gasteiger partial charge on any atom is 0.306 e. The van der Waals surface area contributed by atoms with Gasteiger partial charge in [0.1, 0.15) is 0 Å². The molecule has 5 heteroatoms. The Kier molecular flexibility index (Phi) is 7.28. The zero-order valence-electron chi connectivity index (χ0n) is 13.9. The second-order valence-corrected chi connectivity index (χ2v) is 6.14. The molecule has 128 valence electrons. The van der Waals surface area contributed by atoms with Gasteiger partial charge in [-0.1, -0.05) is 43.9 Å². The third kappa shape index (κ3) is 5.69. The number of anilines is 1. The van der Waals surface area contributed by atoms with Crippen molar-refractivity contribution < 1.29 is 14.3 Å². The summed E-state index contributed by atoms with van der Waals surface area (Å²) in [6.45, 7) is 0.0167. The number of nitrogens with zero attached hydrogens (tertiary/aromatic N) is 2. The molecule has 2 rings (SSSR count). The van der Waals surface area contributed by atoms with Gasteiger partial charge in [0, 0.05) is 18.7 Å². The molecule has 0 unspecified atom stereocenters. The summed E-state index contributed by atoms with van der Waals surface area (Å²) in [5.74, 6) is 0.0129. The van der Waals surface area contributed by atoms with E-state index < -0.39 is 0 Å². The number of esters is 1. The molecule has 0 saturated heterocycles. The monoisotopic (exact) mass is 328 g/mol. The Morgan fingerprint density at radius 1 is 1.21 bits per heavy atom. The first-order chi connectivity index (χ1) is 11.7. The van der Waals surface area contributed by atoms with Crippen LogP contribution in [0.15, 0.2) is 30.3 Å². The SMILES string of the molecule is N#CCCN(C(=O)COC(=O)CCC1CCCC1)c1ccccc1. The zero-order valence-corrected chi connectivity index (χ0v) is 13.9. The van der Waals surface area contributed by atoms with Crippen molar-refractivity contribution >= 4 is 17.6 Å². The van der Waals surface area contributed by atoms with Gasteiger partial charge in [0.2, 0.25) is 0 Å². The fourth-order valence-corrected chi connectivity index (χ4v) is 3.08. The Labute approximate surface area is 143 Å². The van der Waals surface area contributed by atoms with Gasteiger partial charge in [0.25, 0.3) is 5.91 Å². The van der Waals surface area contributed by atoms with Crippen LogP contribution in [0.1, 0.15) is 44.9 Å². The molecule has 0 N–H and O–H groups in total. The van der Waals surface area contributed by atoms with Gasteiger partial charge in [-0.2, -0.15) is 5.26 Å². The molecule has 24 heavy (non-hydrogen) atoms. The molecule has 1 aromatic carbocycles. The number of carbonyl (C=O) groups excluding carboxylic acids is 2. The molecule has 1 amide bonds. The largest absolute Gasteiger partial charge is 0.456 e. The van der Waals surface area contributed by atoms with Crippen molar-refractivity contribution in [3.63, 3.8) is 0 Å². The smallest absolute Gasteiger partial charge is 0.306 e. The molecule has 0 atom stereocenters. The minimum atomic E-state index is -0.316. The molecular formula is C19H24N2O3. The zero-order chi connectivity index (χ0) is 17.2. The van der Waals surface area contributed by atoms with E-state index in [4.69, 9.17) is 10.00 Å². The topological polar surface area (TPSA) is 70.4 Å². The lowest BCUT2D eigenvalue weighted by atomic mass is 10.0. The summed E-state index contributed by atoms with van der Waals surface area (Å²) in [7, 11) is 0. The molecule has 0 aromatic heterocycles. The van der Waals surface area contributed by atoms with E-state index in [1.807, 2.05) is 24.3 Å². The molecule has 5 nitrogen and oxygen atoms in total. The number of amides is 1. The molecule has 1 aromatic rings. The first kappa shape index (κ1) is 18.0. The Bertz CT molecular complexity index is 574. The van der Waals surface area contributed by atoms with Gasteiger partial charge >= 0.3 is 5.97 Å². The molecular weight excluding hydrogens is 304 g/mol. The molecule has 1 fully saturated rings. The molecule has 0 bridgehead atoms. The normalized spacial score (nSPS) is 14.1. The Morgan fingerprint density at radius 2 is 1.92 bits per heavy atom. The van der Waals surface area contributed by atoms with Crippen LogP contribution in [-0.2, 0) is 14.3 Å². The predicted molar refractivity (Wildman–Crippen MR) is 91.2 cm³/mol. The summed E-state index contributed by atoms with van der Waals surface area (Å²) in [6.07, 6.45) is 6.36. The van der Waals surface area contributed by atoms with E-state index in [0.717, 1.165) is 6.42 Å². The van der Waals surface area contributed by atoms with Gasteiger partial charge < -0.3 is 9.64 Å². The third-order valence-electron chi connectivity index (χ3n) is 4.40. The number of hydrogen-bond acceptors (Lipinski definition) is 4. The van der Waals surface area contributed by atoms with E-state index in [1.54, 1.807) is 12.1 Å². The average molecular weight is 328 g/mol. The fraction of sp³-hybridized carbons (Fsp3) is 0.526. The molecule has 0 spiro atoms. The van der Waals surface area contributed by atoms with Gasteiger partial charge in [0.15, 0.2) is 6.61 Å². The molecule has 0 heterocycles. The van der Waals surface area contributed by atoms with Crippen LogP contribution in [0.25, 0.3) is 0 Å². The number of ether oxygens (including phenoxy) is 1. The standard InChI is InChI=1S/C19H24N2O3/c20-13-6-14-21(17-9-2-1-3-10-17)18(22)15-24-19(23)12-11-16-7-4-5-8-16/h1-3,9-10,16H,4-8,11-12,14-15H2. The Morgan fingerprint density at radius 3 is 2.58 bits per heavy atom. The van der Waals surface area contributed by atoms with Gasteiger partial charge in [-0.05, 0) is 24.5 Å². The van der Waals surface area contributed by atoms with Crippen molar-refractivity contribution in [3.8, 4) is 6.07 Å². The average Bonchev–Trinajstić information content (AvgIpc) is 3.13. The Balaban J connectivity index is 1.81. The molecule has 1 saturated carbocycles. The lowest BCUT2D eigenvalue weighted by molar-refractivity contribution is -0.148. The first-order valence-electron chi connectivity index (χ1n) is 8.58. The third-order valence-corrected chi connectivity index (χ3v) is 4.40. The summed E-state index contributed by atoms with van der Waals surface area (Å²) in [4.78, 5) is 25.7. The second-order valence-electron chi connectivity index (χ2n) is 6.14. The van der Waals surface area contributed by atoms with Gasteiger partial charge in [-0.3, -0.25) is 9.59 Å². The number of benzene rings is 1. The van der Waals surface area contributed by atoms with Crippen LogP contribution in [-0.4, -0.2) is 25.0 Å². The molecule has 1 aliphatic rings. The van der Waals surface area contributed by atoms with Crippen molar-refractivity contribution in [2.45, 2.75) is 44.9 Å². The fourth-order valence-electron chi connectivity index (χ4n) is 3.08. The van der Waals surface area contributed by atoms with Crippen molar-refractivity contribution in [3.05, 3.63) is 30.3 Å². The van der Waals surface area contributed by atoms with Crippen LogP contribution >= 0.6 is 0 Å². The highest BCUT2D eigenvalue weighted by atomic mass is 16.5. The van der Waals surface area contributed by atoms with Crippen LogP contribution in [0.5, 0.6) is 0 Å². The lowest BCUT2D eigenvalue weighted by Gasteiger charge is -2.21. The van der Waals surface area contributed by atoms with Gasteiger partial charge in [0.05, 0.1) is 12.5 Å². The van der Waals surface area contributed by atoms with E-state index >= 15 is 0 Å². The second kappa shape index (κ2) is 9.71. The number of nitriles is 1. The molecule has 0 radical (unpaired) electrons. The summed E-state index contributed by atoms with van der Waals surface area (Å²) >= 11 is 0. The minimum absolute atomic E-state index is 0.232. The van der Waals surface area contributed by atoms with E-state index in [2.05, 4.69) is 0 Å². The van der Waals surface area contributed by atoms with Crippen molar-refractivity contribution in [1.82, 2.24) is 0 Å².